The first-order chi connectivity index (χ1) is 24.9. The van der Waals surface area contributed by atoms with Crippen molar-refractivity contribution in [2.75, 3.05) is 18.8 Å². The largest absolute Gasteiger partial charge is 0.478 e. The maximum atomic E-state index is 9.86. The van der Waals surface area contributed by atoms with Gasteiger partial charge < -0.3 is 45.5 Å². The highest BCUT2D eigenvalue weighted by Gasteiger charge is 2.30. The van der Waals surface area contributed by atoms with E-state index in [1.165, 1.54) is 12.8 Å². The summed E-state index contributed by atoms with van der Waals surface area (Å²) in [6, 6.07) is 18.9. The zero-order valence-corrected chi connectivity index (χ0v) is 28.2. The number of nitrogens with two attached hydrogens (primary N) is 1. The molecule has 1 saturated heterocycles. The summed E-state index contributed by atoms with van der Waals surface area (Å²) in [4.78, 5) is 49.8. The highest BCUT2D eigenvalue weighted by Crippen LogP contribution is 2.39. The zero-order valence-electron chi connectivity index (χ0n) is 28.2. The van der Waals surface area contributed by atoms with Crippen LogP contribution < -0.4 is 10.5 Å². The van der Waals surface area contributed by atoms with E-state index in [9.17, 15) is 24.3 Å². The van der Waals surface area contributed by atoms with Crippen molar-refractivity contribution in [2.45, 2.75) is 56.7 Å². The van der Waals surface area contributed by atoms with E-state index in [-0.39, 0.29) is 6.10 Å². The van der Waals surface area contributed by atoms with Gasteiger partial charge in [0.15, 0.2) is 0 Å². The SMILES string of the molecule is Nc1ncnc2c1c(-c1ccc(Oc3ccccc3)cc1)cn2C1CCC(N2CCC(O)CC2)CC1.O=C(O)/C=C\C(=O)O.O=C(O)/C=C\C(=O)O. The molecule has 7 N–H and O–H groups in total. The summed E-state index contributed by atoms with van der Waals surface area (Å²) in [6.45, 7) is 2.03. The summed E-state index contributed by atoms with van der Waals surface area (Å²) < 4.78 is 8.30. The summed E-state index contributed by atoms with van der Waals surface area (Å²) in [5, 5.41) is 42.0. The Hall–Kier alpha value is -6.06. The van der Waals surface area contributed by atoms with Crippen molar-refractivity contribution in [3.05, 3.63) is 91.4 Å². The fourth-order valence-electron chi connectivity index (χ4n) is 6.17. The third-order valence-electron chi connectivity index (χ3n) is 8.59. The fraction of sp³-hybridized carbons (Fsp3) is 0.297. The third kappa shape index (κ3) is 11.5. The average molecular weight is 716 g/mol. The summed E-state index contributed by atoms with van der Waals surface area (Å²) in [5.74, 6) is -2.91. The molecule has 0 atom stereocenters. The van der Waals surface area contributed by atoms with Crippen molar-refractivity contribution in [3.8, 4) is 22.6 Å². The molecular formula is C37H41N5O10. The Morgan fingerprint density at radius 1 is 0.692 bits per heavy atom. The number of rotatable bonds is 9. The number of nitrogens with zero attached hydrogens (tertiary/aromatic N) is 4. The van der Waals surface area contributed by atoms with Gasteiger partial charge in [0, 0.05) is 61.2 Å². The molecule has 274 valence electrons. The van der Waals surface area contributed by atoms with Gasteiger partial charge in [0.05, 0.1) is 11.5 Å². The number of benzene rings is 2. The van der Waals surface area contributed by atoms with Gasteiger partial charge in [0.2, 0.25) is 0 Å². The van der Waals surface area contributed by atoms with Crippen LogP contribution in [0.1, 0.15) is 44.6 Å². The lowest BCUT2D eigenvalue weighted by Gasteiger charge is -2.40. The number of aliphatic hydroxyl groups is 1. The van der Waals surface area contributed by atoms with Crippen LogP contribution in [-0.4, -0.2) is 94.1 Å². The standard InChI is InChI=1S/C29H33N5O2.2C4H4O4/c30-28-27-26(20-6-12-25(13-7-20)36-24-4-2-1-3-5-24)18-34(29(27)32-19-31-28)22-10-8-21(9-11-22)33-16-14-23(35)15-17-33;2*5-3(6)1-2-4(7)8/h1-7,12-13,18-19,21-23,35H,8-11,14-17H2,(H2,30,31,32);2*1-2H,(H,5,6)(H,7,8)/b;2*2-1-. The predicted octanol–water partition coefficient (Wildman–Crippen LogP) is 4.84. The number of ether oxygens (including phenoxy) is 1. The second kappa shape index (κ2) is 18.8. The van der Waals surface area contributed by atoms with Gasteiger partial charge in [-0.05, 0) is 68.4 Å². The maximum Gasteiger partial charge on any atom is 0.328 e. The Bertz CT molecular complexity index is 1810. The number of aromatic nitrogens is 3. The van der Waals surface area contributed by atoms with Crippen LogP contribution in [0, 0.1) is 0 Å². The number of likely N-dealkylation sites (tertiary alicyclic amines) is 1. The fourth-order valence-corrected chi connectivity index (χ4v) is 6.17. The maximum absolute atomic E-state index is 9.86. The Balaban J connectivity index is 0.000000317. The van der Waals surface area contributed by atoms with Crippen LogP contribution in [0.4, 0.5) is 5.82 Å². The Morgan fingerprint density at radius 3 is 1.71 bits per heavy atom. The first kappa shape index (κ1) is 38.7. The number of fused-ring (bicyclic) bond motifs is 1. The van der Waals surface area contributed by atoms with E-state index in [0.717, 1.165) is 72.4 Å². The summed E-state index contributed by atoms with van der Waals surface area (Å²) in [5.41, 5.74) is 9.42. The molecule has 2 fully saturated rings. The van der Waals surface area contributed by atoms with Gasteiger partial charge in [-0.25, -0.2) is 29.1 Å². The lowest BCUT2D eigenvalue weighted by atomic mass is 9.89. The van der Waals surface area contributed by atoms with Crippen molar-refractivity contribution in [1.82, 2.24) is 19.4 Å². The van der Waals surface area contributed by atoms with Crippen molar-refractivity contribution >= 4 is 40.7 Å². The molecule has 1 aliphatic carbocycles. The molecule has 0 radical (unpaired) electrons. The van der Waals surface area contributed by atoms with E-state index in [2.05, 4.69) is 37.8 Å². The quantitative estimate of drug-likeness (QED) is 0.127. The normalized spacial score (nSPS) is 17.9. The van der Waals surface area contributed by atoms with Gasteiger partial charge in [-0.1, -0.05) is 30.3 Å². The number of carbonyl (C=O) groups is 4. The van der Waals surface area contributed by atoms with Gasteiger partial charge in [-0.2, -0.15) is 0 Å². The molecule has 52 heavy (non-hydrogen) atoms. The molecule has 2 aromatic heterocycles. The van der Waals surface area contributed by atoms with Gasteiger partial charge in [0.1, 0.15) is 29.3 Å². The summed E-state index contributed by atoms with van der Waals surface area (Å²) >= 11 is 0. The molecule has 0 bridgehead atoms. The minimum atomic E-state index is -1.26. The number of carboxylic acids is 4. The second-order valence-electron chi connectivity index (χ2n) is 12.1. The molecule has 2 aliphatic rings. The van der Waals surface area contributed by atoms with Gasteiger partial charge in [-0.15, -0.1) is 0 Å². The molecule has 1 saturated carbocycles. The zero-order chi connectivity index (χ0) is 37.6. The molecule has 3 heterocycles. The highest BCUT2D eigenvalue weighted by atomic mass is 16.5. The summed E-state index contributed by atoms with van der Waals surface area (Å²) in [7, 11) is 0. The number of hydrogen-bond acceptors (Lipinski definition) is 10. The molecule has 1 aliphatic heterocycles. The Morgan fingerprint density at radius 2 is 1.19 bits per heavy atom. The number of aliphatic carboxylic acids is 4. The number of aliphatic hydroxyl groups excluding tert-OH is 1. The number of nitrogen functional groups attached to an aromatic ring is 1. The number of para-hydroxylation sites is 1. The van der Waals surface area contributed by atoms with Gasteiger partial charge >= 0.3 is 23.9 Å². The van der Waals surface area contributed by atoms with E-state index in [1.54, 1.807) is 6.33 Å². The lowest BCUT2D eigenvalue weighted by molar-refractivity contribution is -0.134. The molecular weight excluding hydrogens is 674 g/mol. The topological polar surface area (TPSA) is 239 Å². The minimum absolute atomic E-state index is 0.119. The molecule has 15 nitrogen and oxygen atoms in total. The lowest BCUT2D eigenvalue weighted by Crippen LogP contribution is -2.44. The predicted molar refractivity (Wildman–Crippen MR) is 191 cm³/mol. The molecule has 2 aromatic carbocycles. The first-order valence-corrected chi connectivity index (χ1v) is 16.6. The number of carboxylic acid groups (broad SMARTS) is 4. The third-order valence-corrected chi connectivity index (χ3v) is 8.59. The first-order valence-electron chi connectivity index (χ1n) is 16.6. The van der Waals surface area contributed by atoms with Crippen LogP contribution in [0.2, 0.25) is 0 Å². The Kier molecular flexibility index (Phi) is 14.0. The van der Waals surface area contributed by atoms with E-state index < -0.39 is 23.9 Å². The van der Waals surface area contributed by atoms with Crippen molar-refractivity contribution in [2.24, 2.45) is 0 Å². The molecule has 6 rings (SSSR count). The van der Waals surface area contributed by atoms with Crippen molar-refractivity contribution < 1.29 is 49.4 Å². The number of anilines is 1. The van der Waals surface area contributed by atoms with Crippen LogP contribution >= 0.6 is 0 Å². The smallest absolute Gasteiger partial charge is 0.328 e. The highest BCUT2D eigenvalue weighted by molar-refractivity contribution is 6.00. The van der Waals surface area contributed by atoms with Crippen LogP contribution in [0.3, 0.4) is 0 Å². The average Bonchev–Trinajstić information content (AvgIpc) is 3.53. The Labute approximate surface area is 298 Å². The van der Waals surface area contributed by atoms with Crippen LogP contribution in [0.25, 0.3) is 22.2 Å². The monoisotopic (exact) mass is 715 g/mol. The summed E-state index contributed by atoms with van der Waals surface area (Å²) in [6.07, 6.45) is 12.3. The molecule has 0 unspecified atom stereocenters. The number of piperidine rings is 1. The van der Waals surface area contributed by atoms with Crippen LogP contribution in [0.15, 0.2) is 91.4 Å². The van der Waals surface area contributed by atoms with Crippen molar-refractivity contribution in [1.29, 1.82) is 0 Å². The van der Waals surface area contributed by atoms with E-state index in [1.807, 2.05) is 42.5 Å². The molecule has 15 heteroatoms. The minimum Gasteiger partial charge on any atom is -0.478 e. The van der Waals surface area contributed by atoms with E-state index in [0.29, 0.717) is 42.2 Å². The van der Waals surface area contributed by atoms with E-state index >= 15 is 0 Å². The molecule has 0 amide bonds. The van der Waals surface area contributed by atoms with Crippen LogP contribution in [0.5, 0.6) is 11.5 Å². The number of hydrogen-bond donors (Lipinski definition) is 6. The van der Waals surface area contributed by atoms with Gasteiger partial charge in [-0.3, -0.25) is 0 Å². The molecule has 0 spiro atoms. The van der Waals surface area contributed by atoms with Crippen molar-refractivity contribution in [3.63, 3.8) is 0 Å². The van der Waals surface area contributed by atoms with Gasteiger partial charge in [0.25, 0.3) is 0 Å². The van der Waals surface area contributed by atoms with E-state index in [4.69, 9.17) is 30.9 Å². The van der Waals surface area contributed by atoms with Crippen LogP contribution in [-0.2, 0) is 19.2 Å². The molecule has 4 aromatic rings. The second-order valence-corrected chi connectivity index (χ2v) is 12.1.